The third-order valence-corrected chi connectivity index (χ3v) is 3.40. The number of rotatable bonds is 4. The minimum Gasteiger partial charge on any atom is -0.480 e. The number of fused-ring (bicyclic) bond motifs is 1. The molecule has 0 spiro atoms. The number of aliphatic carboxylic acids is 1. The fourth-order valence-corrected chi connectivity index (χ4v) is 2.44. The minimum absolute atomic E-state index is 0.101. The van der Waals surface area contributed by atoms with Crippen LogP contribution in [-0.4, -0.2) is 29.4 Å². The monoisotopic (exact) mass is 280 g/mol. The number of Topliss-reactive ketones (excluding diaryl/α,β-unsaturated/α-hetero) is 1. The highest BCUT2D eigenvalue weighted by Crippen LogP contribution is 2.40. The molecule has 0 saturated heterocycles. The summed E-state index contributed by atoms with van der Waals surface area (Å²) in [5.41, 5.74) is -1.43. The Kier molecular flexibility index (Phi) is 3.57. The van der Waals surface area contributed by atoms with E-state index in [1.165, 1.54) is 6.07 Å². The van der Waals surface area contributed by atoms with Gasteiger partial charge in [0.25, 0.3) is 0 Å². The minimum atomic E-state index is -1.89. The lowest BCUT2D eigenvalue weighted by Gasteiger charge is -2.20. The van der Waals surface area contributed by atoms with E-state index in [0.717, 1.165) is 12.1 Å². The highest BCUT2D eigenvalue weighted by atomic mass is 19.1. The Labute approximate surface area is 114 Å². The molecule has 106 valence electrons. The zero-order valence-corrected chi connectivity index (χ0v) is 10.8. The van der Waals surface area contributed by atoms with Crippen molar-refractivity contribution in [1.29, 1.82) is 0 Å². The molecule has 0 saturated carbocycles. The predicted molar refractivity (Wildman–Crippen MR) is 65.8 cm³/mol. The summed E-state index contributed by atoms with van der Waals surface area (Å²) < 4.78 is 17.9. The number of ketones is 1. The zero-order chi connectivity index (χ0) is 14.9. The molecular formula is C14H13FO5. The van der Waals surface area contributed by atoms with E-state index in [-0.39, 0.29) is 18.6 Å². The number of benzene rings is 1. The van der Waals surface area contributed by atoms with E-state index in [0.29, 0.717) is 5.56 Å². The number of ether oxygens (including phenoxy) is 1. The van der Waals surface area contributed by atoms with Gasteiger partial charge in [-0.3, -0.25) is 14.4 Å². The van der Waals surface area contributed by atoms with Gasteiger partial charge in [-0.05, 0) is 37.1 Å². The van der Waals surface area contributed by atoms with Crippen LogP contribution >= 0.6 is 0 Å². The highest BCUT2D eigenvalue weighted by molar-refractivity contribution is 6.17. The second-order valence-corrected chi connectivity index (χ2v) is 4.68. The Morgan fingerprint density at radius 2 is 2.15 bits per heavy atom. The molecule has 0 heterocycles. The van der Waals surface area contributed by atoms with Gasteiger partial charge in [0, 0.05) is 5.56 Å². The summed E-state index contributed by atoms with van der Waals surface area (Å²) in [5, 5.41) is 9.37. The van der Waals surface area contributed by atoms with E-state index < -0.39 is 35.4 Å². The van der Waals surface area contributed by atoms with Crippen LogP contribution in [0.25, 0.3) is 0 Å². The second-order valence-electron chi connectivity index (χ2n) is 4.68. The average molecular weight is 280 g/mol. The van der Waals surface area contributed by atoms with Crippen LogP contribution in [0, 0.1) is 11.2 Å². The first kappa shape index (κ1) is 14.2. The third-order valence-electron chi connectivity index (χ3n) is 3.40. The second kappa shape index (κ2) is 5.03. The van der Waals surface area contributed by atoms with Crippen LogP contribution in [0.5, 0.6) is 0 Å². The summed E-state index contributed by atoms with van der Waals surface area (Å²) in [6, 6.07) is 3.48. The van der Waals surface area contributed by atoms with Gasteiger partial charge in [0.15, 0.2) is 5.78 Å². The maximum absolute atomic E-state index is 13.2. The normalized spacial score (nSPS) is 20.6. The first-order valence-corrected chi connectivity index (χ1v) is 6.13. The van der Waals surface area contributed by atoms with Crippen molar-refractivity contribution in [2.24, 2.45) is 5.41 Å². The molecule has 0 amide bonds. The van der Waals surface area contributed by atoms with Gasteiger partial charge in [-0.15, -0.1) is 0 Å². The van der Waals surface area contributed by atoms with Gasteiger partial charge in [0.2, 0.25) is 0 Å². The van der Waals surface area contributed by atoms with Crippen molar-refractivity contribution in [1.82, 2.24) is 0 Å². The van der Waals surface area contributed by atoms with Crippen molar-refractivity contribution in [3.8, 4) is 0 Å². The fraction of sp³-hybridized carbons (Fsp3) is 0.357. The SMILES string of the molecule is CCOC(=O)CC1(C(=O)O)Cc2cc(F)ccc2C1=O. The summed E-state index contributed by atoms with van der Waals surface area (Å²) in [4.78, 5) is 35.4. The van der Waals surface area contributed by atoms with Crippen molar-refractivity contribution < 1.29 is 28.6 Å². The largest absolute Gasteiger partial charge is 0.480 e. The van der Waals surface area contributed by atoms with Gasteiger partial charge >= 0.3 is 11.9 Å². The number of esters is 1. The van der Waals surface area contributed by atoms with Gasteiger partial charge in [-0.2, -0.15) is 0 Å². The van der Waals surface area contributed by atoms with Crippen molar-refractivity contribution in [3.63, 3.8) is 0 Å². The Balaban J connectivity index is 2.40. The van der Waals surface area contributed by atoms with Crippen LogP contribution in [0.15, 0.2) is 18.2 Å². The van der Waals surface area contributed by atoms with E-state index in [9.17, 15) is 23.9 Å². The van der Waals surface area contributed by atoms with Crippen molar-refractivity contribution in [2.75, 3.05) is 6.61 Å². The maximum Gasteiger partial charge on any atom is 0.318 e. The van der Waals surface area contributed by atoms with Crippen LogP contribution in [-0.2, 0) is 20.7 Å². The van der Waals surface area contributed by atoms with Crippen LogP contribution in [0.2, 0.25) is 0 Å². The standard InChI is InChI=1S/C14H13FO5/c1-2-20-11(16)7-14(13(18)19)6-8-5-9(15)3-4-10(8)12(14)17/h3-5H,2,6-7H2,1H3,(H,18,19). The molecule has 20 heavy (non-hydrogen) atoms. The molecule has 1 aliphatic carbocycles. The Bertz CT molecular complexity index is 595. The number of carboxylic acid groups (broad SMARTS) is 1. The van der Waals surface area contributed by atoms with Crippen molar-refractivity contribution in [3.05, 3.63) is 35.1 Å². The van der Waals surface area contributed by atoms with E-state index in [1.807, 2.05) is 0 Å². The molecule has 0 fully saturated rings. The lowest BCUT2D eigenvalue weighted by atomic mass is 9.80. The van der Waals surface area contributed by atoms with Crippen molar-refractivity contribution in [2.45, 2.75) is 19.8 Å². The molecule has 1 aromatic rings. The Morgan fingerprint density at radius 3 is 2.75 bits per heavy atom. The van der Waals surface area contributed by atoms with Gasteiger partial charge in [0.1, 0.15) is 11.2 Å². The lowest BCUT2D eigenvalue weighted by molar-refractivity contribution is -0.155. The molecule has 0 aromatic heterocycles. The Morgan fingerprint density at radius 1 is 1.45 bits per heavy atom. The molecule has 2 rings (SSSR count). The molecule has 1 aliphatic rings. The maximum atomic E-state index is 13.2. The number of carboxylic acids is 1. The van der Waals surface area contributed by atoms with Crippen LogP contribution in [0.4, 0.5) is 4.39 Å². The van der Waals surface area contributed by atoms with E-state index in [4.69, 9.17) is 4.74 Å². The molecule has 0 aliphatic heterocycles. The first-order chi connectivity index (χ1) is 9.40. The van der Waals surface area contributed by atoms with E-state index in [2.05, 4.69) is 0 Å². The summed E-state index contributed by atoms with van der Waals surface area (Å²) >= 11 is 0. The molecule has 0 bridgehead atoms. The van der Waals surface area contributed by atoms with Crippen LogP contribution in [0.1, 0.15) is 29.3 Å². The number of carbonyl (C=O) groups is 3. The predicted octanol–water partition coefficient (Wildman–Crippen LogP) is 1.59. The summed E-state index contributed by atoms with van der Waals surface area (Å²) in [6.45, 7) is 1.69. The molecule has 5 nitrogen and oxygen atoms in total. The van der Waals surface area contributed by atoms with Gasteiger partial charge in [-0.1, -0.05) is 0 Å². The van der Waals surface area contributed by atoms with Gasteiger partial charge in [0.05, 0.1) is 13.0 Å². The number of hydrogen-bond donors (Lipinski definition) is 1. The molecule has 6 heteroatoms. The summed E-state index contributed by atoms with van der Waals surface area (Å²) in [5.74, 6) is -3.37. The van der Waals surface area contributed by atoms with E-state index in [1.54, 1.807) is 6.92 Å². The topological polar surface area (TPSA) is 80.7 Å². The average Bonchev–Trinajstić information content (AvgIpc) is 2.63. The van der Waals surface area contributed by atoms with Gasteiger partial charge in [-0.25, -0.2) is 4.39 Å². The number of carbonyl (C=O) groups excluding carboxylic acids is 2. The molecule has 1 N–H and O–H groups in total. The third kappa shape index (κ3) is 2.17. The molecule has 1 atom stereocenters. The highest BCUT2D eigenvalue weighted by Gasteiger charge is 2.53. The lowest BCUT2D eigenvalue weighted by Crippen LogP contribution is -2.39. The van der Waals surface area contributed by atoms with Crippen LogP contribution in [0.3, 0.4) is 0 Å². The van der Waals surface area contributed by atoms with Gasteiger partial charge < -0.3 is 9.84 Å². The molecule has 1 unspecified atom stereocenters. The number of hydrogen-bond acceptors (Lipinski definition) is 4. The quantitative estimate of drug-likeness (QED) is 0.669. The fourth-order valence-electron chi connectivity index (χ4n) is 2.44. The van der Waals surface area contributed by atoms with Crippen molar-refractivity contribution >= 4 is 17.7 Å². The molecular weight excluding hydrogens is 267 g/mol. The van der Waals surface area contributed by atoms with E-state index >= 15 is 0 Å². The number of halogens is 1. The molecule has 0 radical (unpaired) electrons. The molecule has 1 aromatic carbocycles. The Hall–Kier alpha value is -2.24. The smallest absolute Gasteiger partial charge is 0.318 e. The summed E-state index contributed by atoms with van der Waals surface area (Å²) in [7, 11) is 0. The zero-order valence-electron chi connectivity index (χ0n) is 10.8. The summed E-state index contributed by atoms with van der Waals surface area (Å²) in [6.07, 6.45) is -0.752. The van der Waals surface area contributed by atoms with Crippen LogP contribution < -0.4 is 0 Å². The first-order valence-electron chi connectivity index (χ1n) is 6.13.